The number of benzene rings is 1. The van der Waals surface area contributed by atoms with Crippen LogP contribution >= 0.6 is 0 Å². The van der Waals surface area contributed by atoms with E-state index in [1.165, 1.54) is 0 Å². The lowest BCUT2D eigenvalue weighted by atomic mass is 9.86. The van der Waals surface area contributed by atoms with Crippen LogP contribution in [0.2, 0.25) is 0 Å². The van der Waals surface area contributed by atoms with Crippen LogP contribution in [0.5, 0.6) is 0 Å². The lowest BCUT2D eigenvalue weighted by Crippen LogP contribution is -2.28. The molecule has 0 aromatic heterocycles. The van der Waals surface area contributed by atoms with Crippen LogP contribution in [0.25, 0.3) is 0 Å². The Morgan fingerprint density at radius 3 is 2.17 bits per heavy atom. The van der Waals surface area contributed by atoms with Crippen LogP contribution in [0.4, 0.5) is 5.69 Å². The van der Waals surface area contributed by atoms with E-state index in [1.54, 1.807) is 0 Å². The van der Waals surface area contributed by atoms with Crippen molar-refractivity contribution < 1.29 is 9.59 Å². The Labute approximate surface area is 146 Å². The Balaban J connectivity index is 2.67. The van der Waals surface area contributed by atoms with E-state index in [-0.39, 0.29) is 22.6 Å². The van der Waals surface area contributed by atoms with Crippen molar-refractivity contribution in [2.24, 2.45) is 10.8 Å². The molecule has 1 aromatic carbocycles. The summed E-state index contributed by atoms with van der Waals surface area (Å²) in [6.07, 6.45) is 1.92. The van der Waals surface area contributed by atoms with Gasteiger partial charge in [0.05, 0.1) is 0 Å². The second kappa shape index (κ2) is 8.32. The van der Waals surface area contributed by atoms with Crippen molar-refractivity contribution in [2.45, 2.75) is 67.3 Å². The van der Waals surface area contributed by atoms with E-state index in [9.17, 15) is 9.59 Å². The third-order valence-electron chi connectivity index (χ3n) is 4.05. The third-order valence-corrected chi connectivity index (χ3v) is 4.05. The minimum Gasteiger partial charge on any atom is -0.352 e. The number of carbonyl (C=O) groups is 2. The summed E-state index contributed by atoms with van der Waals surface area (Å²) in [4.78, 5) is 24.3. The van der Waals surface area contributed by atoms with E-state index in [0.717, 1.165) is 17.7 Å². The Bertz CT molecular complexity index is 571. The lowest BCUT2D eigenvalue weighted by molar-refractivity contribution is -0.123. The molecule has 0 saturated heterocycles. The summed E-state index contributed by atoms with van der Waals surface area (Å²) in [7, 11) is 0. The highest BCUT2D eigenvalue weighted by molar-refractivity contribution is 5.92. The molecule has 134 valence electrons. The van der Waals surface area contributed by atoms with Gasteiger partial charge >= 0.3 is 0 Å². The molecular formula is C20H32N2O2. The van der Waals surface area contributed by atoms with Crippen LogP contribution in [0.1, 0.15) is 66.4 Å². The van der Waals surface area contributed by atoms with E-state index in [0.29, 0.717) is 19.4 Å². The zero-order valence-electron chi connectivity index (χ0n) is 16.0. The quantitative estimate of drug-likeness (QED) is 0.772. The number of amides is 2. The number of hydrogen-bond acceptors (Lipinski definition) is 2. The van der Waals surface area contributed by atoms with Gasteiger partial charge in [-0.05, 0) is 22.5 Å². The van der Waals surface area contributed by atoms with Crippen molar-refractivity contribution in [2.75, 3.05) is 5.32 Å². The first-order valence-electron chi connectivity index (χ1n) is 8.67. The molecule has 0 bridgehead atoms. The van der Waals surface area contributed by atoms with Gasteiger partial charge in [-0.3, -0.25) is 9.59 Å². The van der Waals surface area contributed by atoms with Crippen LogP contribution in [-0.2, 0) is 16.1 Å². The summed E-state index contributed by atoms with van der Waals surface area (Å²) < 4.78 is 0. The van der Waals surface area contributed by atoms with Crippen molar-refractivity contribution in [3.63, 3.8) is 0 Å². The van der Waals surface area contributed by atoms with Crippen molar-refractivity contribution in [1.82, 2.24) is 5.32 Å². The summed E-state index contributed by atoms with van der Waals surface area (Å²) in [6, 6.07) is 7.60. The predicted octanol–water partition coefficient (Wildman–Crippen LogP) is 4.50. The number of nitrogens with one attached hydrogen (secondary N) is 2. The van der Waals surface area contributed by atoms with E-state index in [1.807, 2.05) is 45.0 Å². The molecule has 0 spiro atoms. The summed E-state index contributed by atoms with van der Waals surface area (Å²) in [6.45, 7) is 12.8. The van der Waals surface area contributed by atoms with Gasteiger partial charge in [0.15, 0.2) is 0 Å². The maximum Gasteiger partial charge on any atom is 0.224 e. The molecule has 0 saturated carbocycles. The number of anilines is 1. The normalized spacial score (nSPS) is 11.9. The predicted molar refractivity (Wildman–Crippen MR) is 99.7 cm³/mol. The van der Waals surface area contributed by atoms with Crippen molar-refractivity contribution in [3.8, 4) is 0 Å². The molecule has 2 amide bonds. The van der Waals surface area contributed by atoms with Gasteiger partial charge in [0, 0.05) is 25.1 Å². The fraction of sp³-hybridized carbons (Fsp3) is 0.600. The highest BCUT2D eigenvalue weighted by Crippen LogP contribution is 2.24. The zero-order chi connectivity index (χ0) is 18.4. The largest absolute Gasteiger partial charge is 0.352 e. The van der Waals surface area contributed by atoms with E-state index < -0.39 is 0 Å². The topological polar surface area (TPSA) is 58.2 Å². The molecule has 4 heteroatoms. The molecule has 0 aliphatic rings. The van der Waals surface area contributed by atoms with Crippen molar-refractivity contribution >= 4 is 17.5 Å². The first kappa shape index (κ1) is 20.2. The fourth-order valence-electron chi connectivity index (χ4n) is 2.29. The minimum atomic E-state index is -0.0566. The average Bonchev–Trinajstić information content (AvgIpc) is 2.44. The highest BCUT2D eigenvalue weighted by Gasteiger charge is 2.20. The van der Waals surface area contributed by atoms with E-state index in [4.69, 9.17) is 0 Å². The zero-order valence-corrected chi connectivity index (χ0v) is 16.0. The molecule has 0 atom stereocenters. The summed E-state index contributed by atoms with van der Waals surface area (Å²) >= 11 is 0. The Morgan fingerprint density at radius 1 is 0.958 bits per heavy atom. The Morgan fingerprint density at radius 2 is 1.58 bits per heavy atom. The van der Waals surface area contributed by atoms with E-state index >= 15 is 0 Å². The van der Waals surface area contributed by atoms with Gasteiger partial charge in [0.1, 0.15) is 0 Å². The maximum absolute atomic E-state index is 12.1. The minimum absolute atomic E-state index is 0.00449. The number of rotatable bonds is 7. The van der Waals surface area contributed by atoms with Crippen molar-refractivity contribution in [1.29, 1.82) is 0 Å². The van der Waals surface area contributed by atoms with Crippen LogP contribution < -0.4 is 10.6 Å². The molecule has 0 heterocycles. The molecule has 0 unspecified atom stereocenters. The molecule has 2 N–H and O–H groups in total. The van der Waals surface area contributed by atoms with Gasteiger partial charge in [-0.15, -0.1) is 0 Å². The van der Waals surface area contributed by atoms with Crippen LogP contribution in [-0.4, -0.2) is 11.8 Å². The first-order chi connectivity index (χ1) is 11.0. The van der Waals surface area contributed by atoms with Gasteiger partial charge in [0.25, 0.3) is 0 Å². The van der Waals surface area contributed by atoms with Gasteiger partial charge in [-0.2, -0.15) is 0 Å². The molecule has 0 fully saturated rings. The second-order valence-electron chi connectivity index (χ2n) is 8.41. The summed E-state index contributed by atoms with van der Waals surface area (Å²) in [5.41, 5.74) is 1.63. The van der Waals surface area contributed by atoms with Gasteiger partial charge in [-0.25, -0.2) is 0 Å². The highest BCUT2D eigenvalue weighted by atomic mass is 16.2. The molecular weight excluding hydrogens is 300 g/mol. The fourth-order valence-corrected chi connectivity index (χ4v) is 2.29. The van der Waals surface area contributed by atoms with Gasteiger partial charge in [-0.1, -0.05) is 66.2 Å². The van der Waals surface area contributed by atoms with Gasteiger partial charge in [0.2, 0.25) is 11.8 Å². The maximum atomic E-state index is 12.1. The summed E-state index contributed by atoms with van der Waals surface area (Å²) in [5.74, 6) is 0.0334. The SMILES string of the molecule is CCC(C)(C)CC(=O)NCc1ccccc1NC(=O)CC(C)(C)C. The summed E-state index contributed by atoms with van der Waals surface area (Å²) in [5, 5.41) is 5.92. The van der Waals surface area contributed by atoms with Crippen LogP contribution in [0.15, 0.2) is 24.3 Å². The average molecular weight is 332 g/mol. The number of carbonyl (C=O) groups excluding carboxylic acids is 2. The molecule has 1 aromatic rings. The number of para-hydroxylation sites is 1. The molecule has 1 rings (SSSR count). The Kier molecular flexibility index (Phi) is 7.00. The monoisotopic (exact) mass is 332 g/mol. The molecule has 0 radical (unpaired) electrons. The third kappa shape index (κ3) is 7.62. The molecule has 24 heavy (non-hydrogen) atoms. The Hall–Kier alpha value is -1.84. The van der Waals surface area contributed by atoms with Crippen molar-refractivity contribution in [3.05, 3.63) is 29.8 Å². The van der Waals surface area contributed by atoms with Crippen LogP contribution in [0, 0.1) is 10.8 Å². The standard InChI is InChI=1S/C20H32N2O2/c1-7-20(5,6)13-17(23)21-14-15-10-8-9-11-16(15)22-18(24)12-19(2,3)4/h8-11H,7,12-14H2,1-6H3,(H,21,23)(H,22,24). The van der Waals surface area contributed by atoms with Crippen LogP contribution in [0.3, 0.4) is 0 Å². The lowest BCUT2D eigenvalue weighted by Gasteiger charge is -2.22. The number of hydrogen-bond donors (Lipinski definition) is 2. The second-order valence-corrected chi connectivity index (χ2v) is 8.41. The molecule has 4 nitrogen and oxygen atoms in total. The molecule has 0 aliphatic carbocycles. The van der Waals surface area contributed by atoms with Gasteiger partial charge < -0.3 is 10.6 Å². The molecule has 0 aliphatic heterocycles. The smallest absolute Gasteiger partial charge is 0.224 e. The van der Waals surface area contributed by atoms with E-state index in [2.05, 4.69) is 31.4 Å². The first-order valence-corrected chi connectivity index (χ1v) is 8.67.